The Morgan fingerprint density at radius 3 is 2.19 bits per heavy atom. The van der Waals surface area contributed by atoms with E-state index in [4.69, 9.17) is 23.2 Å². The Labute approximate surface area is 199 Å². The summed E-state index contributed by atoms with van der Waals surface area (Å²) in [4.78, 5) is 27.6. The number of carbonyl (C=O) groups is 2. The molecule has 2 aromatic rings. The fraction of sp³-hybridized carbons (Fsp3) is 0.417. The van der Waals surface area contributed by atoms with Gasteiger partial charge >= 0.3 is 0 Å². The number of carbonyl (C=O) groups excluding carboxylic acids is 2. The maximum Gasteiger partial charge on any atom is 0.242 e. The zero-order valence-electron chi connectivity index (χ0n) is 18.7. The summed E-state index contributed by atoms with van der Waals surface area (Å²) < 4.78 is 0. The number of nitrogens with zero attached hydrogens (tertiary/aromatic N) is 1. The van der Waals surface area contributed by atoms with Crippen LogP contribution in [0.2, 0.25) is 10.0 Å². The van der Waals surface area contributed by atoms with Crippen LogP contribution in [-0.4, -0.2) is 34.0 Å². The maximum absolute atomic E-state index is 13.1. The van der Waals surface area contributed by atoms with E-state index in [2.05, 4.69) is 5.32 Å². The van der Waals surface area contributed by atoms with Crippen LogP contribution in [0.4, 0.5) is 0 Å². The van der Waals surface area contributed by atoms with Gasteiger partial charge in [-0.3, -0.25) is 9.59 Å². The van der Waals surface area contributed by atoms with Crippen molar-refractivity contribution >= 4 is 46.8 Å². The highest BCUT2D eigenvalue weighted by Crippen LogP contribution is 2.28. The molecule has 2 amide bonds. The highest BCUT2D eigenvalue weighted by Gasteiger charge is 2.28. The van der Waals surface area contributed by atoms with Crippen LogP contribution in [-0.2, 0) is 21.9 Å². The summed E-state index contributed by atoms with van der Waals surface area (Å²) in [7, 11) is 0. The van der Waals surface area contributed by atoms with E-state index in [1.165, 1.54) is 11.8 Å². The minimum Gasteiger partial charge on any atom is -0.350 e. The number of hydrogen-bond donors (Lipinski definition) is 1. The summed E-state index contributed by atoms with van der Waals surface area (Å²) >= 11 is 13.9. The van der Waals surface area contributed by atoms with Crippen LogP contribution in [0.5, 0.6) is 0 Å². The first-order valence-corrected chi connectivity index (χ1v) is 12.1. The lowest BCUT2D eigenvalue weighted by atomic mass is 10.1. The van der Waals surface area contributed by atoms with Gasteiger partial charge in [-0.1, -0.05) is 59.1 Å². The van der Waals surface area contributed by atoms with Gasteiger partial charge in [-0.05, 0) is 57.9 Å². The van der Waals surface area contributed by atoms with Crippen LogP contribution in [0.25, 0.3) is 0 Å². The topological polar surface area (TPSA) is 49.4 Å². The van der Waals surface area contributed by atoms with Crippen LogP contribution in [0, 0.1) is 6.92 Å². The van der Waals surface area contributed by atoms with Gasteiger partial charge in [0.05, 0.1) is 5.75 Å². The number of amides is 2. The lowest BCUT2D eigenvalue weighted by Gasteiger charge is -2.31. The van der Waals surface area contributed by atoms with Gasteiger partial charge < -0.3 is 10.2 Å². The quantitative estimate of drug-likeness (QED) is 0.513. The van der Waals surface area contributed by atoms with Gasteiger partial charge in [0.2, 0.25) is 11.8 Å². The molecule has 168 valence electrons. The Bertz CT molecular complexity index is 891. The van der Waals surface area contributed by atoms with Crippen molar-refractivity contribution in [2.75, 3.05) is 5.75 Å². The summed E-state index contributed by atoms with van der Waals surface area (Å²) in [6.07, 6.45) is 0. The van der Waals surface area contributed by atoms with Gasteiger partial charge in [-0.15, -0.1) is 11.8 Å². The Morgan fingerprint density at radius 1 is 1.06 bits per heavy atom. The van der Waals surface area contributed by atoms with Crippen molar-refractivity contribution in [1.29, 1.82) is 0 Å². The maximum atomic E-state index is 13.1. The van der Waals surface area contributed by atoms with Crippen molar-refractivity contribution in [3.05, 3.63) is 69.2 Å². The number of thioether (sulfide) groups is 1. The predicted octanol–water partition coefficient (Wildman–Crippen LogP) is 5.87. The molecule has 31 heavy (non-hydrogen) atoms. The summed E-state index contributed by atoms with van der Waals surface area (Å²) in [6.45, 7) is 9.92. The zero-order chi connectivity index (χ0) is 23.2. The summed E-state index contributed by atoms with van der Waals surface area (Å²) in [6, 6.07) is 12.8. The van der Waals surface area contributed by atoms with E-state index >= 15 is 0 Å². The van der Waals surface area contributed by atoms with Gasteiger partial charge in [0, 0.05) is 27.9 Å². The van der Waals surface area contributed by atoms with Crippen molar-refractivity contribution in [2.24, 2.45) is 0 Å². The molecular formula is C24H30Cl2N2O2S. The Morgan fingerprint density at radius 2 is 1.65 bits per heavy atom. The number of aryl methyl sites for hydroxylation is 1. The smallest absolute Gasteiger partial charge is 0.242 e. The average molecular weight is 481 g/mol. The van der Waals surface area contributed by atoms with E-state index in [0.29, 0.717) is 22.3 Å². The highest BCUT2D eigenvalue weighted by molar-refractivity contribution is 7.99. The molecule has 0 spiro atoms. The highest BCUT2D eigenvalue weighted by atomic mass is 35.5. The minimum atomic E-state index is -0.600. The van der Waals surface area contributed by atoms with Crippen LogP contribution in [0.3, 0.4) is 0 Å². The molecule has 0 saturated heterocycles. The number of rotatable bonds is 8. The van der Waals surface area contributed by atoms with E-state index in [1.54, 1.807) is 30.0 Å². The average Bonchev–Trinajstić information content (AvgIpc) is 2.67. The van der Waals surface area contributed by atoms with Gasteiger partial charge in [0.15, 0.2) is 0 Å². The fourth-order valence-corrected chi connectivity index (χ4v) is 4.59. The van der Waals surface area contributed by atoms with E-state index in [1.807, 2.05) is 52.0 Å². The first-order valence-electron chi connectivity index (χ1n) is 10.2. The van der Waals surface area contributed by atoms with Crippen LogP contribution in [0.15, 0.2) is 42.5 Å². The molecule has 1 atom stereocenters. The molecule has 0 heterocycles. The van der Waals surface area contributed by atoms with E-state index in [-0.39, 0.29) is 23.1 Å². The second-order valence-electron chi connectivity index (χ2n) is 8.62. The molecule has 0 bridgehead atoms. The molecule has 0 aliphatic rings. The lowest BCUT2D eigenvalue weighted by Crippen LogP contribution is -2.52. The van der Waals surface area contributed by atoms with Crippen molar-refractivity contribution in [3.8, 4) is 0 Å². The van der Waals surface area contributed by atoms with E-state index in [9.17, 15) is 9.59 Å². The third-order valence-corrected chi connectivity index (χ3v) is 6.32. The fourth-order valence-electron chi connectivity index (χ4n) is 2.94. The number of benzene rings is 2. The predicted molar refractivity (Wildman–Crippen MR) is 132 cm³/mol. The monoisotopic (exact) mass is 480 g/mol. The normalized spacial score (nSPS) is 12.4. The van der Waals surface area contributed by atoms with Crippen molar-refractivity contribution in [3.63, 3.8) is 0 Å². The Kier molecular flexibility index (Phi) is 9.28. The van der Waals surface area contributed by atoms with Crippen molar-refractivity contribution in [2.45, 2.75) is 58.5 Å². The summed E-state index contributed by atoms with van der Waals surface area (Å²) in [5.74, 6) is 0.462. The Hall–Kier alpha value is -1.69. The van der Waals surface area contributed by atoms with Crippen molar-refractivity contribution < 1.29 is 9.59 Å². The number of halogens is 2. The molecule has 1 unspecified atom stereocenters. The third-order valence-electron chi connectivity index (χ3n) is 4.67. The van der Waals surface area contributed by atoms with E-state index in [0.717, 1.165) is 16.7 Å². The number of hydrogen-bond acceptors (Lipinski definition) is 3. The first kappa shape index (κ1) is 25.6. The van der Waals surface area contributed by atoms with Crippen LogP contribution < -0.4 is 5.32 Å². The molecule has 2 rings (SSSR count). The molecule has 4 nitrogen and oxygen atoms in total. The number of nitrogens with one attached hydrogen (secondary N) is 1. The molecule has 0 radical (unpaired) electrons. The third kappa shape index (κ3) is 8.06. The molecule has 0 saturated carbocycles. The van der Waals surface area contributed by atoms with Gasteiger partial charge in [-0.25, -0.2) is 0 Å². The summed E-state index contributed by atoms with van der Waals surface area (Å²) in [5.41, 5.74) is 2.56. The molecular weight excluding hydrogens is 451 g/mol. The van der Waals surface area contributed by atoms with Gasteiger partial charge in [-0.2, -0.15) is 0 Å². The minimum absolute atomic E-state index is 0.106. The molecule has 2 aromatic carbocycles. The molecule has 0 aliphatic heterocycles. The standard InChI is InChI=1S/C24H30Cl2N2O2S/c1-16-9-11-18(12-10-16)13-28(17(2)23(30)27-24(3,4)5)22(29)15-31-14-19-20(25)7-6-8-21(19)26/h6-12,17H,13-15H2,1-5H3,(H,27,30). The Balaban J connectivity index is 2.13. The SMILES string of the molecule is Cc1ccc(CN(C(=O)CSCc2c(Cl)cccc2Cl)C(C)C(=O)NC(C)(C)C)cc1. The molecule has 0 fully saturated rings. The molecule has 7 heteroatoms. The van der Waals surface area contributed by atoms with Crippen LogP contribution >= 0.6 is 35.0 Å². The zero-order valence-corrected chi connectivity index (χ0v) is 21.0. The first-order chi connectivity index (χ1) is 14.5. The van der Waals surface area contributed by atoms with Crippen LogP contribution in [0.1, 0.15) is 44.4 Å². The molecule has 1 N–H and O–H groups in total. The van der Waals surface area contributed by atoms with E-state index < -0.39 is 6.04 Å². The van der Waals surface area contributed by atoms with Gasteiger partial charge in [0.25, 0.3) is 0 Å². The van der Waals surface area contributed by atoms with Crippen molar-refractivity contribution in [1.82, 2.24) is 10.2 Å². The van der Waals surface area contributed by atoms with Gasteiger partial charge in [0.1, 0.15) is 6.04 Å². The molecule has 0 aromatic heterocycles. The second-order valence-corrected chi connectivity index (χ2v) is 10.4. The molecule has 0 aliphatic carbocycles. The summed E-state index contributed by atoms with van der Waals surface area (Å²) in [5, 5.41) is 4.14. The lowest BCUT2D eigenvalue weighted by molar-refractivity contribution is -0.139. The largest absolute Gasteiger partial charge is 0.350 e. The second kappa shape index (κ2) is 11.3.